The fourth-order valence-corrected chi connectivity index (χ4v) is 2.28. The predicted octanol–water partition coefficient (Wildman–Crippen LogP) is 3.36. The van der Waals surface area contributed by atoms with Gasteiger partial charge in [0.15, 0.2) is 0 Å². The zero-order chi connectivity index (χ0) is 15.6. The third kappa shape index (κ3) is 3.97. The summed E-state index contributed by atoms with van der Waals surface area (Å²) in [5, 5.41) is 8.70. The highest BCUT2D eigenvalue weighted by molar-refractivity contribution is 5.94. The predicted molar refractivity (Wildman–Crippen MR) is 70.4 cm³/mol. The second kappa shape index (κ2) is 5.76. The van der Waals surface area contributed by atoms with Crippen LogP contribution in [0.25, 0.3) is 0 Å². The average molecular weight is 296 g/mol. The molecule has 0 unspecified atom stereocenters. The quantitative estimate of drug-likeness (QED) is 0.855. The summed E-state index contributed by atoms with van der Waals surface area (Å²) in [6.07, 6.45) is -2.71. The van der Waals surface area contributed by atoms with Crippen molar-refractivity contribution in [2.75, 3.05) is 6.54 Å². The molecular formula is C15H15F3N2O. The van der Waals surface area contributed by atoms with Crippen LogP contribution in [0.1, 0.15) is 35.7 Å². The van der Waals surface area contributed by atoms with Crippen LogP contribution < -0.4 is 0 Å². The molecule has 21 heavy (non-hydrogen) atoms. The van der Waals surface area contributed by atoms with Gasteiger partial charge in [-0.1, -0.05) is 0 Å². The Kier molecular flexibility index (Phi) is 4.21. The Morgan fingerprint density at radius 1 is 1.38 bits per heavy atom. The molecule has 0 aliphatic heterocycles. The summed E-state index contributed by atoms with van der Waals surface area (Å²) in [7, 11) is 0. The smallest absolute Gasteiger partial charge is 0.327 e. The van der Waals surface area contributed by atoms with Gasteiger partial charge in [0.25, 0.3) is 5.91 Å². The number of halogens is 3. The SMILES string of the molecule is C[C@H](C1CC1)N(CC(F)(F)F)C(=O)c1ccc(C#N)cc1. The van der Waals surface area contributed by atoms with Crippen molar-refractivity contribution in [3.8, 4) is 6.07 Å². The molecule has 0 N–H and O–H groups in total. The fourth-order valence-electron chi connectivity index (χ4n) is 2.28. The van der Waals surface area contributed by atoms with Crippen LogP contribution in [0.15, 0.2) is 24.3 Å². The van der Waals surface area contributed by atoms with E-state index in [2.05, 4.69) is 0 Å². The zero-order valence-electron chi connectivity index (χ0n) is 11.5. The van der Waals surface area contributed by atoms with E-state index in [1.165, 1.54) is 24.3 Å². The molecule has 2 rings (SSSR count). The molecule has 3 nitrogen and oxygen atoms in total. The summed E-state index contributed by atoms with van der Waals surface area (Å²) in [4.78, 5) is 13.2. The van der Waals surface area contributed by atoms with Gasteiger partial charge in [0.05, 0.1) is 11.6 Å². The van der Waals surface area contributed by atoms with E-state index in [9.17, 15) is 18.0 Å². The molecule has 112 valence electrons. The Morgan fingerprint density at radius 3 is 2.38 bits per heavy atom. The number of amides is 1. The van der Waals surface area contributed by atoms with E-state index in [1.807, 2.05) is 6.07 Å². The van der Waals surface area contributed by atoms with Gasteiger partial charge in [-0.2, -0.15) is 18.4 Å². The third-order valence-electron chi connectivity index (χ3n) is 3.67. The number of nitrogens with zero attached hydrogens (tertiary/aromatic N) is 2. The minimum atomic E-state index is -4.43. The third-order valence-corrected chi connectivity index (χ3v) is 3.67. The zero-order valence-corrected chi connectivity index (χ0v) is 11.5. The fraction of sp³-hybridized carbons (Fsp3) is 0.467. The molecule has 6 heteroatoms. The van der Waals surface area contributed by atoms with Gasteiger partial charge in [-0.3, -0.25) is 4.79 Å². The second-order valence-corrected chi connectivity index (χ2v) is 5.32. The van der Waals surface area contributed by atoms with Crippen molar-refractivity contribution in [1.82, 2.24) is 4.90 Å². The molecule has 0 radical (unpaired) electrons. The van der Waals surface area contributed by atoms with Crippen LogP contribution in [0.4, 0.5) is 13.2 Å². The molecule has 1 aromatic rings. The molecule has 0 saturated heterocycles. The minimum Gasteiger partial charge on any atom is -0.327 e. The normalized spacial score (nSPS) is 16.1. The van der Waals surface area contributed by atoms with Gasteiger partial charge in [-0.15, -0.1) is 0 Å². The Labute approximate surface area is 121 Å². The van der Waals surface area contributed by atoms with Crippen LogP contribution in [0.2, 0.25) is 0 Å². The van der Waals surface area contributed by atoms with Crippen molar-refractivity contribution in [2.45, 2.75) is 32.0 Å². The van der Waals surface area contributed by atoms with Crippen molar-refractivity contribution in [3.05, 3.63) is 35.4 Å². The van der Waals surface area contributed by atoms with Gasteiger partial charge in [0.2, 0.25) is 0 Å². The lowest BCUT2D eigenvalue weighted by Gasteiger charge is -2.30. The lowest BCUT2D eigenvalue weighted by molar-refractivity contribution is -0.144. The first-order chi connectivity index (χ1) is 9.81. The Morgan fingerprint density at radius 2 is 1.95 bits per heavy atom. The standard InChI is InChI=1S/C15H15F3N2O/c1-10(12-6-7-12)20(9-15(16,17)18)14(21)13-4-2-11(8-19)3-5-13/h2-5,10,12H,6-7,9H2,1H3/t10-/m1/s1. The molecule has 1 aliphatic rings. The number of alkyl halides is 3. The Balaban J connectivity index is 2.21. The molecule has 1 atom stereocenters. The maximum Gasteiger partial charge on any atom is 0.406 e. The summed E-state index contributed by atoms with van der Waals surface area (Å²) in [6.45, 7) is 0.411. The van der Waals surface area contributed by atoms with E-state index >= 15 is 0 Å². The molecule has 1 fully saturated rings. The number of nitriles is 1. The topological polar surface area (TPSA) is 44.1 Å². The van der Waals surface area contributed by atoms with Crippen LogP contribution in [-0.4, -0.2) is 29.6 Å². The number of benzene rings is 1. The summed E-state index contributed by atoms with van der Waals surface area (Å²) < 4.78 is 38.1. The average Bonchev–Trinajstić information content (AvgIpc) is 3.27. The number of rotatable bonds is 4. The van der Waals surface area contributed by atoms with Crippen molar-refractivity contribution in [3.63, 3.8) is 0 Å². The van der Waals surface area contributed by atoms with Crippen molar-refractivity contribution in [2.24, 2.45) is 5.92 Å². The van der Waals surface area contributed by atoms with Gasteiger partial charge < -0.3 is 4.90 Å². The van der Waals surface area contributed by atoms with E-state index in [0.29, 0.717) is 5.56 Å². The van der Waals surface area contributed by atoms with Gasteiger partial charge >= 0.3 is 6.18 Å². The summed E-state index contributed by atoms with van der Waals surface area (Å²) in [6, 6.07) is 7.12. The maximum atomic E-state index is 12.7. The van der Waals surface area contributed by atoms with E-state index in [-0.39, 0.29) is 11.5 Å². The second-order valence-electron chi connectivity index (χ2n) is 5.32. The number of carbonyl (C=O) groups excluding carboxylic acids is 1. The highest BCUT2D eigenvalue weighted by Gasteiger charge is 2.40. The largest absolute Gasteiger partial charge is 0.406 e. The Bertz CT molecular complexity index is 556. The van der Waals surface area contributed by atoms with E-state index in [1.54, 1.807) is 6.92 Å². The van der Waals surface area contributed by atoms with Crippen molar-refractivity contribution >= 4 is 5.91 Å². The van der Waals surface area contributed by atoms with E-state index in [0.717, 1.165) is 17.7 Å². The monoisotopic (exact) mass is 296 g/mol. The Hall–Kier alpha value is -2.03. The molecule has 0 spiro atoms. The molecule has 0 aromatic heterocycles. The summed E-state index contributed by atoms with van der Waals surface area (Å²) in [5.74, 6) is -0.495. The summed E-state index contributed by atoms with van der Waals surface area (Å²) >= 11 is 0. The van der Waals surface area contributed by atoms with E-state index in [4.69, 9.17) is 5.26 Å². The maximum absolute atomic E-state index is 12.7. The number of hydrogen-bond donors (Lipinski definition) is 0. The molecule has 1 amide bonds. The van der Waals surface area contributed by atoms with Gasteiger partial charge in [0.1, 0.15) is 6.54 Å². The van der Waals surface area contributed by atoms with Crippen LogP contribution in [0.5, 0.6) is 0 Å². The van der Waals surface area contributed by atoms with Crippen molar-refractivity contribution in [1.29, 1.82) is 5.26 Å². The lowest BCUT2D eigenvalue weighted by Crippen LogP contribution is -2.45. The van der Waals surface area contributed by atoms with Crippen LogP contribution in [0, 0.1) is 17.2 Å². The highest BCUT2D eigenvalue weighted by atomic mass is 19.4. The lowest BCUT2D eigenvalue weighted by atomic mass is 10.1. The number of hydrogen-bond acceptors (Lipinski definition) is 2. The molecular weight excluding hydrogens is 281 g/mol. The van der Waals surface area contributed by atoms with Gasteiger partial charge in [0, 0.05) is 11.6 Å². The van der Waals surface area contributed by atoms with Crippen LogP contribution in [0.3, 0.4) is 0 Å². The molecule has 1 aromatic carbocycles. The molecule has 0 bridgehead atoms. The molecule has 1 saturated carbocycles. The van der Waals surface area contributed by atoms with Crippen molar-refractivity contribution < 1.29 is 18.0 Å². The summed E-state index contributed by atoms with van der Waals surface area (Å²) in [5.41, 5.74) is 0.537. The van der Waals surface area contributed by atoms with Gasteiger partial charge in [-0.25, -0.2) is 0 Å². The molecule has 1 aliphatic carbocycles. The first-order valence-corrected chi connectivity index (χ1v) is 6.69. The first kappa shape index (κ1) is 15.4. The first-order valence-electron chi connectivity index (χ1n) is 6.69. The van der Waals surface area contributed by atoms with E-state index < -0.39 is 24.7 Å². The van der Waals surface area contributed by atoms with Crippen LogP contribution >= 0.6 is 0 Å². The highest BCUT2D eigenvalue weighted by Crippen LogP contribution is 2.36. The minimum absolute atomic E-state index is 0.148. The van der Waals surface area contributed by atoms with Crippen LogP contribution in [-0.2, 0) is 0 Å². The molecule has 0 heterocycles. The number of carbonyl (C=O) groups is 1. The van der Waals surface area contributed by atoms with Gasteiger partial charge in [-0.05, 0) is 49.9 Å².